The van der Waals surface area contributed by atoms with Crippen molar-refractivity contribution < 1.29 is 14.3 Å². The fraction of sp³-hybridized carbons (Fsp3) is 0.588. The molecule has 0 aliphatic carbocycles. The summed E-state index contributed by atoms with van der Waals surface area (Å²) in [6, 6.07) is 12.2. The Morgan fingerprint density at radius 1 is 0.541 bits per heavy atom. The average Bonchev–Trinajstić information content (AvgIpc) is 2.90. The number of rotatable bonds is 22. The molecule has 2 aromatic carbocycles. The van der Waals surface area contributed by atoms with Crippen LogP contribution in [0.2, 0.25) is 0 Å². The lowest BCUT2D eigenvalue weighted by Crippen LogP contribution is -2.03. The van der Waals surface area contributed by atoms with Gasteiger partial charge in [-0.2, -0.15) is 0 Å². The highest BCUT2D eigenvalue weighted by molar-refractivity contribution is 5.60. The summed E-state index contributed by atoms with van der Waals surface area (Å²) in [4.78, 5) is 22.8. The van der Waals surface area contributed by atoms with Crippen LogP contribution in [0.5, 0.6) is 11.5 Å². The summed E-state index contributed by atoms with van der Waals surface area (Å²) in [6.07, 6.45) is 22.3. The lowest BCUT2D eigenvalue weighted by atomic mass is 9.96. The Morgan fingerprint density at radius 2 is 0.919 bits per heavy atom. The molecule has 3 heteroatoms. The van der Waals surface area contributed by atoms with E-state index in [2.05, 4.69) is 26.0 Å². The molecule has 0 saturated heterocycles. The first-order valence-corrected chi connectivity index (χ1v) is 15.0. The molecule has 204 valence electrons. The molecule has 0 unspecified atom stereocenters. The number of benzene rings is 2. The molecule has 37 heavy (non-hydrogen) atoms. The van der Waals surface area contributed by atoms with Crippen molar-refractivity contribution in [2.75, 3.05) is 0 Å². The molecular formula is C34H50O3. The summed E-state index contributed by atoms with van der Waals surface area (Å²) in [7, 11) is 0. The van der Waals surface area contributed by atoms with Crippen LogP contribution < -0.4 is 4.74 Å². The van der Waals surface area contributed by atoms with E-state index in [1.807, 2.05) is 24.3 Å². The van der Waals surface area contributed by atoms with Gasteiger partial charge in [-0.1, -0.05) is 115 Å². The lowest BCUT2D eigenvalue weighted by Gasteiger charge is -2.18. The van der Waals surface area contributed by atoms with E-state index in [1.165, 1.54) is 77.0 Å². The molecular weight excluding hydrogens is 456 g/mol. The summed E-state index contributed by atoms with van der Waals surface area (Å²) in [5.74, 6) is 1.71. The number of unbranched alkanes of at least 4 members (excludes halogenated alkanes) is 12. The molecule has 0 heterocycles. The second-order valence-corrected chi connectivity index (χ2v) is 10.4. The average molecular weight is 507 g/mol. The maximum atomic E-state index is 11.4. The van der Waals surface area contributed by atoms with Crippen LogP contribution in [0.15, 0.2) is 36.4 Å². The molecule has 2 aromatic rings. The fourth-order valence-electron chi connectivity index (χ4n) is 5.18. The minimum absolute atomic E-state index is 0.416. The zero-order chi connectivity index (χ0) is 26.6. The Bertz CT molecular complexity index is 828. The first-order valence-electron chi connectivity index (χ1n) is 15.0. The van der Waals surface area contributed by atoms with Crippen molar-refractivity contribution in [2.24, 2.45) is 0 Å². The summed E-state index contributed by atoms with van der Waals surface area (Å²) >= 11 is 0. The van der Waals surface area contributed by atoms with Crippen LogP contribution in [0.1, 0.15) is 126 Å². The molecule has 0 spiro atoms. The van der Waals surface area contributed by atoms with Crippen molar-refractivity contribution in [1.82, 2.24) is 0 Å². The lowest BCUT2D eigenvalue weighted by molar-refractivity contribution is -0.108. The van der Waals surface area contributed by atoms with E-state index in [0.29, 0.717) is 12.8 Å². The van der Waals surface area contributed by atoms with Gasteiger partial charge >= 0.3 is 0 Å². The SMILES string of the molecule is CCCCCCCCCc1c(CC=O)cccc1Oc1cccc(CC=O)c1CCCCCCCCC. The second-order valence-electron chi connectivity index (χ2n) is 10.4. The molecule has 0 aromatic heterocycles. The highest BCUT2D eigenvalue weighted by Crippen LogP contribution is 2.34. The monoisotopic (exact) mass is 506 g/mol. The van der Waals surface area contributed by atoms with Gasteiger partial charge in [0, 0.05) is 12.8 Å². The van der Waals surface area contributed by atoms with Gasteiger partial charge in [-0.25, -0.2) is 0 Å². The number of aldehydes is 2. The van der Waals surface area contributed by atoms with Crippen LogP contribution in [-0.2, 0) is 35.3 Å². The molecule has 0 saturated carbocycles. The van der Waals surface area contributed by atoms with Gasteiger partial charge in [-0.15, -0.1) is 0 Å². The predicted octanol–water partition coefficient (Wildman–Crippen LogP) is 9.55. The molecule has 0 aliphatic heterocycles. The molecule has 0 radical (unpaired) electrons. The number of carbonyl (C=O) groups is 2. The zero-order valence-electron chi connectivity index (χ0n) is 23.6. The molecule has 0 atom stereocenters. The molecule has 3 nitrogen and oxygen atoms in total. The van der Waals surface area contributed by atoms with Gasteiger partial charge in [0.25, 0.3) is 0 Å². The maximum Gasteiger partial charge on any atom is 0.130 e. The second kappa shape index (κ2) is 19.7. The first kappa shape index (κ1) is 30.8. The third kappa shape index (κ3) is 11.7. The smallest absolute Gasteiger partial charge is 0.130 e. The highest BCUT2D eigenvalue weighted by Gasteiger charge is 2.15. The van der Waals surface area contributed by atoms with E-state index < -0.39 is 0 Å². The van der Waals surface area contributed by atoms with Crippen molar-refractivity contribution in [3.63, 3.8) is 0 Å². The Balaban J connectivity index is 2.13. The number of carbonyl (C=O) groups excluding carboxylic acids is 2. The van der Waals surface area contributed by atoms with Gasteiger partial charge in [-0.3, -0.25) is 0 Å². The minimum atomic E-state index is 0.416. The normalized spacial score (nSPS) is 11.0. The van der Waals surface area contributed by atoms with Crippen molar-refractivity contribution in [3.05, 3.63) is 58.7 Å². The Labute approximate surface area is 226 Å². The Morgan fingerprint density at radius 3 is 1.30 bits per heavy atom. The standard InChI is InChI=1S/C34H50O3/c1-3-5-7-9-11-13-15-21-31-29(25-27-35)19-17-23-33(31)37-34-24-18-20-30(26-28-36)32(34)22-16-14-12-10-8-6-4-2/h17-20,23-24,27-28H,3-16,21-22,25-26H2,1-2H3. The minimum Gasteiger partial charge on any atom is -0.457 e. The Kier molecular flexibility index (Phi) is 16.4. The fourth-order valence-corrected chi connectivity index (χ4v) is 5.18. The van der Waals surface area contributed by atoms with Gasteiger partial charge in [-0.05, 0) is 60.1 Å². The first-order chi connectivity index (χ1) is 18.2. The molecule has 0 bridgehead atoms. The van der Waals surface area contributed by atoms with Crippen LogP contribution in [0.25, 0.3) is 0 Å². The zero-order valence-corrected chi connectivity index (χ0v) is 23.6. The molecule has 0 amide bonds. The van der Waals surface area contributed by atoms with Crippen molar-refractivity contribution in [3.8, 4) is 11.5 Å². The van der Waals surface area contributed by atoms with Gasteiger partial charge < -0.3 is 14.3 Å². The third-order valence-corrected chi connectivity index (χ3v) is 7.35. The van der Waals surface area contributed by atoms with E-state index in [4.69, 9.17) is 4.74 Å². The summed E-state index contributed by atoms with van der Waals surface area (Å²) in [6.45, 7) is 4.50. The molecule has 2 rings (SSSR count). The Hall–Kier alpha value is -2.42. The number of hydrogen-bond donors (Lipinski definition) is 0. The van der Waals surface area contributed by atoms with E-state index >= 15 is 0 Å². The topological polar surface area (TPSA) is 43.4 Å². The van der Waals surface area contributed by atoms with Crippen LogP contribution in [-0.4, -0.2) is 12.6 Å². The van der Waals surface area contributed by atoms with Gasteiger partial charge in [0.15, 0.2) is 0 Å². The molecule has 0 N–H and O–H groups in total. The quantitative estimate of drug-likeness (QED) is 0.118. The maximum absolute atomic E-state index is 11.4. The summed E-state index contributed by atoms with van der Waals surface area (Å²) < 4.78 is 6.60. The van der Waals surface area contributed by atoms with Crippen LogP contribution in [0.3, 0.4) is 0 Å². The number of ether oxygens (including phenoxy) is 1. The molecule has 0 fully saturated rings. The largest absolute Gasteiger partial charge is 0.457 e. The van der Waals surface area contributed by atoms with Gasteiger partial charge in [0.1, 0.15) is 24.1 Å². The van der Waals surface area contributed by atoms with E-state index in [0.717, 1.165) is 72.0 Å². The number of hydrogen-bond acceptors (Lipinski definition) is 3. The van der Waals surface area contributed by atoms with Gasteiger partial charge in [0.2, 0.25) is 0 Å². The van der Waals surface area contributed by atoms with Crippen LogP contribution in [0.4, 0.5) is 0 Å². The van der Waals surface area contributed by atoms with Crippen LogP contribution >= 0.6 is 0 Å². The summed E-state index contributed by atoms with van der Waals surface area (Å²) in [5.41, 5.74) is 4.45. The van der Waals surface area contributed by atoms with Crippen molar-refractivity contribution in [2.45, 2.75) is 129 Å². The highest BCUT2D eigenvalue weighted by atomic mass is 16.5. The van der Waals surface area contributed by atoms with Crippen molar-refractivity contribution in [1.29, 1.82) is 0 Å². The van der Waals surface area contributed by atoms with E-state index in [-0.39, 0.29) is 0 Å². The van der Waals surface area contributed by atoms with Gasteiger partial charge in [0.05, 0.1) is 0 Å². The predicted molar refractivity (Wildman–Crippen MR) is 156 cm³/mol. The van der Waals surface area contributed by atoms with E-state index in [9.17, 15) is 9.59 Å². The third-order valence-electron chi connectivity index (χ3n) is 7.35. The van der Waals surface area contributed by atoms with Crippen LogP contribution in [0, 0.1) is 0 Å². The molecule has 0 aliphatic rings. The van der Waals surface area contributed by atoms with E-state index in [1.54, 1.807) is 0 Å². The summed E-state index contributed by atoms with van der Waals surface area (Å²) in [5, 5.41) is 0. The van der Waals surface area contributed by atoms with Crippen molar-refractivity contribution >= 4 is 12.6 Å².